The lowest BCUT2D eigenvalue weighted by molar-refractivity contribution is -0.118. The molecule has 0 saturated carbocycles. The number of allylic oxidation sites excluding steroid dienone is 1. The molecule has 6 N–H and O–H groups in total. The highest BCUT2D eigenvalue weighted by Gasteiger charge is 2.20. The third-order valence-corrected chi connectivity index (χ3v) is 3.73. The summed E-state index contributed by atoms with van der Waals surface area (Å²) in [5, 5.41) is 12.9. The number of ether oxygens (including phenoxy) is 1. The van der Waals surface area contributed by atoms with Gasteiger partial charge in [-0.2, -0.15) is 0 Å². The summed E-state index contributed by atoms with van der Waals surface area (Å²) in [5.74, 6) is -0.0652. The average Bonchev–Trinajstić information content (AvgIpc) is 2.41. The van der Waals surface area contributed by atoms with Crippen LogP contribution in [-0.2, 0) is 9.53 Å². The fraction of sp³-hybridized carbons (Fsp3) is 0.500. The normalized spacial score (nSPS) is 13.6. The second kappa shape index (κ2) is 7.60. The Morgan fingerprint density at radius 3 is 2.61 bits per heavy atom. The van der Waals surface area contributed by atoms with Crippen LogP contribution in [-0.4, -0.2) is 26.5 Å². The van der Waals surface area contributed by atoms with Crippen LogP contribution >= 0.6 is 15.9 Å². The van der Waals surface area contributed by atoms with Crippen LogP contribution in [0.1, 0.15) is 46.1 Å². The van der Waals surface area contributed by atoms with Crippen molar-refractivity contribution in [1.29, 1.82) is 0 Å². The van der Waals surface area contributed by atoms with Crippen molar-refractivity contribution < 1.29 is 14.6 Å². The van der Waals surface area contributed by atoms with Crippen molar-refractivity contribution in [1.82, 2.24) is 15.3 Å². The molecule has 0 saturated heterocycles. The van der Waals surface area contributed by atoms with Gasteiger partial charge in [-0.15, -0.1) is 0 Å². The lowest BCUT2D eigenvalue weighted by Crippen LogP contribution is -2.42. The van der Waals surface area contributed by atoms with E-state index in [9.17, 15) is 9.90 Å². The number of nitrogens with one attached hydrogen (secondary N) is 1. The fourth-order valence-corrected chi connectivity index (χ4v) is 1.82. The van der Waals surface area contributed by atoms with E-state index >= 15 is 0 Å². The SMILES string of the molecule is CCC(C)(C)NC(=O)/C=C(\C)OC(O)c1nc(Br)c(N)nc1N. The van der Waals surface area contributed by atoms with Gasteiger partial charge in [0.1, 0.15) is 10.4 Å². The Labute approximate surface area is 143 Å². The molecule has 0 radical (unpaired) electrons. The second-order valence-electron chi connectivity index (χ2n) is 5.62. The van der Waals surface area contributed by atoms with E-state index < -0.39 is 6.29 Å². The lowest BCUT2D eigenvalue weighted by Gasteiger charge is -2.23. The number of carbonyl (C=O) groups excluding carboxylic acids is 1. The average molecular weight is 388 g/mol. The zero-order valence-corrected chi connectivity index (χ0v) is 15.1. The molecular weight excluding hydrogens is 366 g/mol. The molecule has 1 rings (SSSR count). The molecule has 0 spiro atoms. The zero-order valence-electron chi connectivity index (χ0n) is 13.6. The lowest BCUT2D eigenvalue weighted by atomic mass is 10.0. The van der Waals surface area contributed by atoms with Crippen molar-refractivity contribution in [2.24, 2.45) is 0 Å². The van der Waals surface area contributed by atoms with E-state index in [1.807, 2.05) is 20.8 Å². The van der Waals surface area contributed by atoms with Gasteiger partial charge >= 0.3 is 0 Å². The molecule has 1 heterocycles. The summed E-state index contributed by atoms with van der Waals surface area (Å²) in [7, 11) is 0. The molecule has 1 atom stereocenters. The summed E-state index contributed by atoms with van der Waals surface area (Å²) in [4.78, 5) is 19.7. The molecule has 1 aromatic heterocycles. The van der Waals surface area contributed by atoms with Gasteiger partial charge in [0, 0.05) is 11.6 Å². The number of amides is 1. The Kier molecular flexibility index (Phi) is 6.34. The van der Waals surface area contributed by atoms with Gasteiger partial charge in [-0.25, -0.2) is 9.97 Å². The van der Waals surface area contributed by atoms with E-state index in [0.717, 1.165) is 6.42 Å². The Morgan fingerprint density at radius 2 is 2.04 bits per heavy atom. The van der Waals surface area contributed by atoms with E-state index in [2.05, 4.69) is 31.2 Å². The number of nitrogens with two attached hydrogens (primary N) is 2. The summed E-state index contributed by atoms with van der Waals surface area (Å²) in [5.41, 5.74) is 10.9. The molecule has 128 valence electrons. The van der Waals surface area contributed by atoms with Crippen LogP contribution in [0.5, 0.6) is 0 Å². The summed E-state index contributed by atoms with van der Waals surface area (Å²) < 4.78 is 5.49. The molecule has 1 unspecified atom stereocenters. The Bertz CT molecular complexity index is 619. The molecule has 9 heteroatoms. The zero-order chi connectivity index (χ0) is 17.8. The highest BCUT2D eigenvalue weighted by Crippen LogP contribution is 2.25. The van der Waals surface area contributed by atoms with Crippen molar-refractivity contribution in [3.63, 3.8) is 0 Å². The molecule has 0 fully saturated rings. The summed E-state index contributed by atoms with van der Waals surface area (Å²) >= 11 is 3.10. The van der Waals surface area contributed by atoms with Gasteiger partial charge in [-0.3, -0.25) is 4.79 Å². The first kappa shape index (κ1) is 19.2. The van der Waals surface area contributed by atoms with Gasteiger partial charge in [0.25, 0.3) is 0 Å². The van der Waals surface area contributed by atoms with Crippen LogP contribution < -0.4 is 16.8 Å². The minimum absolute atomic E-state index is 0.00752. The Balaban J connectivity index is 2.81. The number of hydrogen-bond acceptors (Lipinski definition) is 7. The van der Waals surface area contributed by atoms with Gasteiger partial charge in [0.2, 0.25) is 12.2 Å². The third kappa shape index (κ3) is 5.68. The molecule has 0 aromatic carbocycles. The first-order valence-corrected chi connectivity index (χ1v) is 7.78. The van der Waals surface area contributed by atoms with Crippen LogP contribution in [0.25, 0.3) is 0 Å². The van der Waals surface area contributed by atoms with Gasteiger partial charge < -0.3 is 26.6 Å². The number of halogens is 1. The maximum atomic E-state index is 11.9. The second-order valence-corrected chi connectivity index (χ2v) is 6.37. The van der Waals surface area contributed by atoms with Crippen LogP contribution in [0.3, 0.4) is 0 Å². The first-order chi connectivity index (χ1) is 10.6. The van der Waals surface area contributed by atoms with Crippen LogP contribution in [0.2, 0.25) is 0 Å². The minimum atomic E-state index is -1.47. The van der Waals surface area contributed by atoms with Crippen molar-refractivity contribution in [2.45, 2.75) is 45.9 Å². The highest BCUT2D eigenvalue weighted by atomic mass is 79.9. The monoisotopic (exact) mass is 387 g/mol. The number of nitrogens with zero attached hydrogens (tertiary/aromatic N) is 2. The number of nitrogen functional groups attached to an aromatic ring is 2. The summed E-state index contributed by atoms with van der Waals surface area (Å²) in [6.07, 6.45) is 0.555. The largest absolute Gasteiger partial charge is 0.463 e. The van der Waals surface area contributed by atoms with E-state index in [-0.39, 0.29) is 39.1 Å². The standard InChI is InChI=1S/C14H22BrN5O3/c1-5-14(3,4)20-8(21)6-7(2)23-13(22)9-11(16)19-12(17)10(15)18-9/h6,13,22H,5H2,1-4H3,(H,20,21)(H4,16,17,19)/b7-6+. The summed E-state index contributed by atoms with van der Waals surface area (Å²) in [6, 6.07) is 0. The number of aromatic nitrogens is 2. The summed E-state index contributed by atoms with van der Waals surface area (Å²) in [6.45, 7) is 7.33. The van der Waals surface area contributed by atoms with Crippen molar-refractivity contribution in [3.8, 4) is 0 Å². The van der Waals surface area contributed by atoms with E-state index in [1.54, 1.807) is 0 Å². The molecule has 1 aromatic rings. The maximum absolute atomic E-state index is 11.9. The molecule has 0 aliphatic carbocycles. The minimum Gasteiger partial charge on any atom is -0.463 e. The molecule has 8 nitrogen and oxygen atoms in total. The van der Waals surface area contributed by atoms with E-state index in [0.29, 0.717) is 0 Å². The smallest absolute Gasteiger partial charge is 0.247 e. The number of hydrogen-bond donors (Lipinski definition) is 4. The first-order valence-electron chi connectivity index (χ1n) is 6.99. The van der Waals surface area contributed by atoms with Crippen LogP contribution in [0.15, 0.2) is 16.4 Å². The van der Waals surface area contributed by atoms with Gasteiger partial charge in [-0.1, -0.05) is 6.92 Å². The van der Waals surface area contributed by atoms with E-state index in [1.165, 1.54) is 13.0 Å². The predicted molar refractivity (Wildman–Crippen MR) is 90.9 cm³/mol. The van der Waals surface area contributed by atoms with Crippen molar-refractivity contribution >= 4 is 33.5 Å². The molecule has 1 amide bonds. The predicted octanol–water partition coefficient (Wildman–Crippen LogP) is 1.62. The molecule has 0 aliphatic rings. The maximum Gasteiger partial charge on any atom is 0.247 e. The highest BCUT2D eigenvalue weighted by molar-refractivity contribution is 9.10. The van der Waals surface area contributed by atoms with E-state index in [4.69, 9.17) is 16.2 Å². The van der Waals surface area contributed by atoms with Crippen LogP contribution in [0, 0.1) is 0 Å². The van der Waals surface area contributed by atoms with Gasteiger partial charge in [-0.05, 0) is 43.1 Å². The number of anilines is 2. The fourth-order valence-electron chi connectivity index (χ4n) is 1.54. The molecule has 0 bridgehead atoms. The number of aliphatic hydroxyl groups is 1. The molecule has 0 aliphatic heterocycles. The topological polar surface area (TPSA) is 136 Å². The number of carbonyl (C=O) groups is 1. The Morgan fingerprint density at radius 1 is 1.43 bits per heavy atom. The van der Waals surface area contributed by atoms with Gasteiger partial charge in [0.15, 0.2) is 17.3 Å². The van der Waals surface area contributed by atoms with Crippen molar-refractivity contribution in [2.75, 3.05) is 11.5 Å². The van der Waals surface area contributed by atoms with Gasteiger partial charge in [0.05, 0.1) is 0 Å². The molecular formula is C14H22BrN5O3. The quantitative estimate of drug-likeness (QED) is 0.330. The van der Waals surface area contributed by atoms with Crippen LogP contribution in [0.4, 0.5) is 11.6 Å². The number of rotatable bonds is 6. The number of aliphatic hydroxyl groups excluding tert-OH is 1. The van der Waals surface area contributed by atoms with Crippen molar-refractivity contribution in [3.05, 3.63) is 22.1 Å². The molecule has 23 heavy (non-hydrogen) atoms. The Hall–Kier alpha value is -1.87. The third-order valence-electron chi connectivity index (χ3n) is 3.14.